The first-order valence-electron chi connectivity index (χ1n) is 22.1. The molecule has 0 amide bonds. The van der Waals surface area contributed by atoms with Crippen LogP contribution in [0.2, 0.25) is 0 Å². The maximum atomic E-state index is 10.8. The highest BCUT2D eigenvalue weighted by Crippen LogP contribution is 2.40. The molecule has 0 aromatic carbocycles. The van der Waals surface area contributed by atoms with Crippen LogP contribution in [-0.4, -0.2) is 125 Å². The van der Waals surface area contributed by atoms with Crippen molar-refractivity contribution in [3.8, 4) is 0 Å². The number of methoxy groups -OCH3 is 1. The Balaban J connectivity index is -0.000000216. The quantitative estimate of drug-likeness (QED) is 0.181. The smallest absolute Gasteiger partial charge is 0.329 e. The number of nitrogens with zero attached hydrogens (tertiary/aromatic N) is 3. The summed E-state index contributed by atoms with van der Waals surface area (Å²) in [5, 5.41) is 47.8. The van der Waals surface area contributed by atoms with Crippen LogP contribution < -0.4 is 0 Å². The topological polar surface area (TPSA) is 156 Å². The number of aliphatic hydroxyl groups excluding tert-OH is 1. The Morgan fingerprint density at radius 3 is 1.37 bits per heavy atom. The monoisotopic (exact) mass is 696 g/mol. The number of aliphatic hydroxyl groups is 1. The molecule has 3 fully saturated rings. The van der Waals surface area contributed by atoms with E-state index in [2.05, 4.69) is 39.7 Å². The van der Waals surface area contributed by atoms with Gasteiger partial charge >= 0.3 is 5.97 Å². The molecule has 0 spiro atoms. The number of hydrogen-bond acceptors (Lipinski definition) is 12. The van der Waals surface area contributed by atoms with E-state index >= 15 is 0 Å². The zero-order valence-electron chi connectivity index (χ0n) is 42.3. The van der Waals surface area contributed by atoms with E-state index in [9.17, 15) is 25.5 Å². The van der Waals surface area contributed by atoms with E-state index in [1.807, 2.05) is 55.4 Å². The summed E-state index contributed by atoms with van der Waals surface area (Å²) in [7, 11) is 1.56. The fraction of sp³-hybridized carbons (Fsp3) is 0.971. The van der Waals surface area contributed by atoms with Gasteiger partial charge in [0.15, 0.2) is 0 Å². The van der Waals surface area contributed by atoms with Crippen LogP contribution in [0.5, 0.6) is 0 Å². The van der Waals surface area contributed by atoms with E-state index in [0.29, 0.717) is 18.8 Å². The van der Waals surface area contributed by atoms with Gasteiger partial charge in [-0.15, -0.1) is 0 Å². The van der Waals surface area contributed by atoms with E-state index in [4.69, 9.17) is 30.5 Å². The van der Waals surface area contributed by atoms with Crippen LogP contribution in [0.15, 0.2) is 0 Å². The molecule has 12 heteroatoms. The first kappa shape index (κ1) is 33.6. The van der Waals surface area contributed by atoms with Crippen LogP contribution in [0.25, 0.3) is 1.43 Å². The predicted octanol–water partition coefficient (Wildman–Crippen LogP) is 6.81. The van der Waals surface area contributed by atoms with Gasteiger partial charge in [-0.1, -0.05) is 6.92 Å². The molecule has 5 N–H and O–H groups in total. The Kier molecular flexibility index (Phi) is 11.8. The third-order valence-corrected chi connectivity index (χ3v) is 9.37. The summed E-state index contributed by atoms with van der Waals surface area (Å²) in [6.07, 6.45) is 4.22. The van der Waals surface area contributed by atoms with Gasteiger partial charge in [0.2, 0.25) is 0 Å². The molecule has 3 saturated heterocycles. The predicted molar refractivity (Wildman–Crippen MR) is 188 cm³/mol. The Morgan fingerprint density at radius 2 is 1.04 bits per heavy atom. The number of carbonyl (C=O) groups is 1. The highest BCUT2D eigenvalue weighted by Gasteiger charge is 2.47. The molecule has 3 rings (SSSR count). The van der Waals surface area contributed by atoms with Gasteiger partial charge in [0.1, 0.15) is 12.7 Å². The van der Waals surface area contributed by atoms with Crippen molar-refractivity contribution in [2.45, 2.75) is 180 Å². The average molecular weight is 696 g/mol. The molecule has 0 aliphatic carbocycles. The number of hydrogen-bond donors (Lipinski definition) is 5. The van der Waals surface area contributed by atoms with Crippen molar-refractivity contribution in [3.63, 3.8) is 0 Å². The molecule has 0 aromatic rings. The van der Waals surface area contributed by atoms with Crippen molar-refractivity contribution >= 4 is 5.97 Å². The molecule has 0 saturated carbocycles. The van der Waals surface area contributed by atoms with Gasteiger partial charge in [0.05, 0.1) is 25.4 Å². The van der Waals surface area contributed by atoms with Crippen LogP contribution in [0.4, 0.5) is 0 Å². The molecule has 3 heterocycles. The fourth-order valence-electron chi connectivity index (χ4n) is 8.04. The molecule has 0 aromatic heterocycles. The lowest BCUT2D eigenvalue weighted by Gasteiger charge is -2.51. The standard InChI is InChI=1S/C13H27NO4.C11H21NO4.C10H21NO.5H2/c1-12(2)6-11(7-13(3,4)14(12)16)18-9-10(15)8-17-5;1-10(2)5-8(16-7-9(13)14)6-11(3,4)12(10)15;1-8-6-9(2,3)11(12)10(4,5)7-8;;;;;/h10-11,15-16H,6-9H2,1-5H3;8,15H,5-7H2,1-4H3,(H,13,14);8,12H,6-7H2,1-5H3;5*1H/i;;;5*1+2T/hT. The zero-order valence-corrected chi connectivity index (χ0v) is 31.3. The third-order valence-electron chi connectivity index (χ3n) is 9.37. The summed E-state index contributed by atoms with van der Waals surface area (Å²) < 4.78 is 72.5. The van der Waals surface area contributed by atoms with Gasteiger partial charge in [0.25, 0.3) is 1.43 Å². The lowest BCUT2D eigenvalue weighted by molar-refractivity contribution is -0.262. The first-order chi connectivity index (χ1) is 26.1. The number of hydroxylamine groups is 6. The van der Waals surface area contributed by atoms with Crippen molar-refractivity contribution in [1.82, 2.24) is 15.2 Å². The first-order valence-corrected chi connectivity index (χ1v) is 16.7. The Labute approximate surface area is 295 Å². The molecular weight excluding hydrogens is 594 g/mol. The second kappa shape index (κ2) is 16.2. The summed E-state index contributed by atoms with van der Waals surface area (Å²) in [6.45, 7) is 26.7. The second-order valence-electron chi connectivity index (χ2n) is 17.5. The molecule has 12 nitrogen and oxygen atoms in total. The van der Waals surface area contributed by atoms with Crippen LogP contribution in [0, 0.1) is 5.92 Å². The molecule has 284 valence electrons. The van der Waals surface area contributed by atoms with E-state index in [1.54, 1.807) is 7.11 Å². The highest BCUT2D eigenvalue weighted by atomic mass is 16.5. The van der Waals surface area contributed by atoms with E-state index < -0.39 is 23.2 Å². The van der Waals surface area contributed by atoms with E-state index in [-0.39, 0.29) is 54.2 Å². The van der Waals surface area contributed by atoms with Crippen molar-refractivity contribution in [2.24, 2.45) is 5.92 Å². The number of rotatable bonds is 8. The van der Waals surface area contributed by atoms with Crippen LogP contribution in [0.1, 0.15) is 143 Å². The third kappa shape index (κ3) is 12.5. The molecule has 1 unspecified atom stereocenters. The lowest BCUT2D eigenvalue weighted by Crippen LogP contribution is -2.60. The van der Waals surface area contributed by atoms with E-state index in [0.717, 1.165) is 25.7 Å². The van der Waals surface area contributed by atoms with Gasteiger partial charge in [-0.25, -0.2) is 4.79 Å². The summed E-state index contributed by atoms with van der Waals surface area (Å²) in [5.74, 6) is 0.00504. The van der Waals surface area contributed by atoms with Crippen molar-refractivity contribution in [3.05, 3.63) is 0 Å². The van der Waals surface area contributed by atoms with Gasteiger partial charge in [-0.05, 0) is 128 Å². The Hall–Kier alpha value is -0.930. The minimum absolute atomic E-state index is 0.0462. The van der Waals surface area contributed by atoms with Gasteiger partial charge in [-0.2, -0.15) is 15.2 Å². The van der Waals surface area contributed by atoms with Crippen LogP contribution in [0.3, 0.4) is 0 Å². The Morgan fingerprint density at radius 1 is 0.717 bits per heavy atom. The summed E-state index contributed by atoms with van der Waals surface area (Å²) in [5.41, 5.74) is -1.59. The summed E-state index contributed by atoms with van der Waals surface area (Å²) >= 11 is 0. The van der Waals surface area contributed by atoms with E-state index in [1.165, 1.54) is 15.2 Å². The molecule has 46 heavy (non-hydrogen) atoms. The largest absolute Gasteiger partial charge is 0.480 e. The summed E-state index contributed by atoms with van der Waals surface area (Å²) in [6, 6.07) is 0. The molecule has 1 atom stereocenters. The lowest BCUT2D eigenvalue weighted by atomic mass is 9.76. The maximum Gasteiger partial charge on any atom is 0.329 e. The molecule has 0 bridgehead atoms. The molecule has 3 aliphatic rings. The number of carboxylic acid groups (broad SMARTS) is 1. The molecule has 3 aliphatic heterocycles. The Bertz CT molecular complexity index is 956. The van der Waals surface area contributed by atoms with Crippen molar-refractivity contribution < 1.29 is 59.7 Å². The molecule has 0 radical (unpaired) electrons. The highest BCUT2D eigenvalue weighted by molar-refractivity contribution is 5.68. The minimum Gasteiger partial charge on any atom is -0.480 e. The summed E-state index contributed by atoms with van der Waals surface area (Å²) in [4.78, 5) is 10.8. The molecular formula is C34H79N3O9. The van der Waals surface area contributed by atoms with Crippen LogP contribution >= 0.6 is 0 Å². The second-order valence-corrected chi connectivity index (χ2v) is 17.5. The van der Waals surface area contributed by atoms with Gasteiger partial charge < -0.3 is 40.0 Å². The number of aliphatic carboxylic acids is 1. The van der Waals surface area contributed by atoms with Gasteiger partial charge in [0, 0.05) is 55.2 Å². The average Bonchev–Trinajstić information content (AvgIpc) is 3.14. The number of ether oxygens (including phenoxy) is 3. The van der Waals surface area contributed by atoms with Crippen molar-refractivity contribution in [1.29, 1.82) is 1.43 Å². The number of piperidine rings is 3. The SMILES string of the molecule is CC1CC(C)(C)N(O)C(C)(C)C1.COCC(O)COC1CC(C)(C)N(O)C(C)(C)C1.[3H]OC(=O)COC1CC(C)(C)N(O)C(C)(C)C1.[3H][3H].[3H][3H].[3H][3H].[3H][3H].[3H][3H]. The minimum atomic E-state index is -0.702. The zero-order chi connectivity index (χ0) is 46.8. The fourth-order valence-corrected chi connectivity index (χ4v) is 8.04. The van der Waals surface area contributed by atoms with Gasteiger partial charge in [-0.3, -0.25) is 0 Å². The number of carboxylic acids is 1. The van der Waals surface area contributed by atoms with Crippen LogP contribution in [-0.2, 0) is 19.0 Å². The maximum absolute atomic E-state index is 10.8. The normalized spacial score (nSPS) is 28.2. The van der Waals surface area contributed by atoms with Crippen molar-refractivity contribution in [2.75, 3.05) is 26.9 Å².